The van der Waals surface area contributed by atoms with E-state index >= 15 is 0 Å². The molecule has 0 aliphatic carbocycles. The molecule has 9 heavy (non-hydrogen) atoms. The van der Waals surface area contributed by atoms with Crippen molar-refractivity contribution in [1.29, 1.82) is 0 Å². The van der Waals surface area contributed by atoms with Gasteiger partial charge in [-0.1, -0.05) is 0 Å². The summed E-state index contributed by atoms with van der Waals surface area (Å²) in [6.07, 6.45) is 0. The van der Waals surface area contributed by atoms with Crippen LogP contribution < -0.4 is 5.32 Å². The summed E-state index contributed by atoms with van der Waals surface area (Å²) < 4.78 is 0. The summed E-state index contributed by atoms with van der Waals surface area (Å²) in [7, 11) is 0. The van der Waals surface area contributed by atoms with E-state index in [1.165, 1.54) is 18.3 Å². The fraction of sp³-hybridized carbons (Fsp3) is 0.167. The Morgan fingerprint density at radius 3 is 3.11 bits per heavy atom. The highest BCUT2D eigenvalue weighted by atomic mass is 32.1. The van der Waals surface area contributed by atoms with Crippen molar-refractivity contribution >= 4 is 22.9 Å². The number of rotatable bonds is 1. The largest absolute Gasteiger partial charge is 0.325 e. The van der Waals surface area contributed by atoms with Crippen LogP contribution in [0, 0.1) is 5.38 Å². The molecule has 47 valence electrons. The Balaban J connectivity index is 2.58. The van der Waals surface area contributed by atoms with Gasteiger partial charge in [-0.15, -0.1) is 11.3 Å². The third kappa shape index (κ3) is 1.85. The minimum absolute atomic E-state index is 0.0512. The number of hydrogen-bond acceptors (Lipinski definition) is 2. The summed E-state index contributed by atoms with van der Waals surface area (Å²) in [6, 6.07) is 1.81. The molecule has 1 aromatic rings. The molecule has 2 nitrogen and oxygen atoms in total. The fourth-order valence-electron chi connectivity index (χ4n) is 0.490. The molecule has 0 aliphatic heterocycles. The molecular weight excluding hydrogens is 134 g/mol. The molecule has 0 saturated carbocycles. The Hall–Kier alpha value is -0.830. The second-order valence-electron chi connectivity index (χ2n) is 1.62. The highest BCUT2D eigenvalue weighted by Crippen LogP contribution is 2.09. The van der Waals surface area contributed by atoms with E-state index in [0.717, 1.165) is 5.69 Å². The number of hydrogen-bond donors (Lipinski definition) is 1. The molecule has 0 aromatic carbocycles. The van der Waals surface area contributed by atoms with E-state index in [0.29, 0.717) is 0 Å². The molecule has 3 heteroatoms. The number of carbonyl (C=O) groups is 1. The lowest BCUT2D eigenvalue weighted by Gasteiger charge is -1.92. The molecule has 1 radical (unpaired) electrons. The maximum Gasteiger partial charge on any atom is 0.221 e. The van der Waals surface area contributed by atoms with Crippen molar-refractivity contribution in [2.75, 3.05) is 5.32 Å². The number of thiophene rings is 1. The Labute approximate surface area is 57.5 Å². The van der Waals surface area contributed by atoms with Crippen molar-refractivity contribution < 1.29 is 4.79 Å². The van der Waals surface area contributed by atoms with Gasteiger partial charge in [0, 0.05) is 6.92 Å². The predicted molar refractivity (Wildman–Crippen MR) is 37.5 cm³/mol. The monoisotopic (exact) mass is 140 g/mol. The maximum absolute atomic E-state index is 10.4. The second-order valence-corrected chi connectivity index (χ2v) is 2.33. The number of amides is 1. The molecular formula is C6H6NOS. The molecule has 0 unspecified atom stereocenters. The van der Waals surface area contributed by atoms with Gasteiger partial charge in [-0.2, -0.15) is 0 Å². The van der Waals surface area contributed by atoms with E-state index in [2.05, 4.69) is 10.7 Å². The number of carbonyl (C=O) groups excluding carboxylic acids is 1. The van der Waals surface area contributed by atoms with E-state index in [1.807, 2.05) is 11.4 Å². The Morgan fingerprint density at radius 1 is 1.89 bits per heavy atom. The first kappa shape index (κ1) is 6.29. The van der Waals surface area contributed by atoms with Crippen LogP contribution in [-0.4, -0.2) is 5.91 Å². The van der Waals surface area contributed by atoms with Crippen LogP contribution in [0.5, 0.6) is 0 Å². The van der Waals surface area contributed by atoms with Crippen LogP contribution in [0.25, 0.3) is 0 Å². The van der Waals surface area contributed by atoms with Crippen LogP contribution >= 0.6 is 11.3 Å². The van der Waals surface area contributed by atoms with Crippen LogP contribution in [0.2, 0.25) is 0 Å². The van der Waals surface area contributed by atoms with E-state index in [1.54, 1.807) is 0 Å². The average molecular weight is 140 g/mol. The van der Waals surface area contributed by atoms with Crippen molar-refractivity contribution in [3.05, 3.63) is 16.8 Å². The lowest BCUT2D eigenvalue weighted by Crippen LogP contribution is -2.04. The second kappa shape index (κ2) is 2.64. The molecule has 1 N–H and O–H groups in total. The van der Waals surface area contributed by atoms with Crippen LogP contribution in [0.4, 0.5) is 5.69 Å². The van der Waals surface area contributed by atoms with Gasteiger partial charge in [0.2, 0.25) is 5.91 Å². The van der Waals surface area contributed by atoms with Crippen molar-refractivity contribution in [2.45, 2.75) is 6.92 Å². The van der Waals surface area contributed by atoms with Gasteiger partial charge in [0.05, 0.1) is 11.1 Å². The van der Waals surface area contributed by atoms with E-state index in [4.69, 9.17) is 0 Å². The Morgan fingerprint density at radius 2 is 2.67 bits per heavy atom. The van der Waals surface area contributed by atoms with E-state index in [-0.39, 0.29) is 5.91 Å². The van der Waals surface area contributed by atoms with Gasteiger partial charge in [0.1, 0.15) is 0 Å². The molecule has 1 rings (SSSR count). The van der Waals surface area contributed by atoms with Gasteiger partial charge in [-0.25, -0.2) is 0 Å². The summed E-state index contributed by atoms with van der Waals surface area (Å²) >= 11 is 1.44. The molecule has 0 aliphatic rings. The average Bonchev–Trinajstić information content (AvgIpc) is 2.15. The Bertz CT molecular complexity index is 193. The lowest BCUT2D eigenvalue weighted by molar-refractivity contribution is -0.114. The minimum atomic E-state index is -0.0512. The van der Waals surface area contributed by atoms with Gasteiger partial charge >= 0.3 is 0 Å². The molecule has 0 atom stereocenters. The first-order valence-electron chi connectivity index (χ1n) is 2.52. The van der Waals surface area contributed by atoms with Gasteiger partial charge in [-0.3, -0.25) is 4.79 Å². The van der Waals surface area contributed by atoms with Crippen LogP contribution in [-0.2, 0) is 4.79 Å². The van der Waals surface area contributed by atoms with Crippen molar-refractivity contribution in [3.63, 3.8) is 0 Å². The van der Waals surface area contributed by atoms with Gasteiger partial charge in [-0.05, 0) is 11.4 Å². The first-order chi connectivity index (χ1) is 4.29. The summed E-state index contributed by atoms with van der Waals surface area (Å²) in [5.74, 6) is -0.0512. The third-order valence-electron chi connectivity index (χ3n) is 0.782. The molecule has 1 aromatic heterocycles. The van der Waals surface area contributed by atoms with Crippen molar-refractivity contribution in [3.8, 4) is 0 Å². The van der Waals surface area contributed by atoms with Crippen LogP contribution in [0.1, 0.15) is 6.92 Å². The summed E-state index contributed by atoms with van der Waals surface area (Å²) in [4.78, 5) is 10.4. The molecule has 0 spiro atoms. The van der Waals surface area contributed by atoms with Gasteiger partial charge in [0.25, 0.3) is 0 Å². The predicted octanol–water partition coefficient (Wildman–Crippen LogP) is 1.51. The highest BCUT2D eigenvalue weighted by molar-refractivity contribution is 7.07. The molecule has 1 heterocycles. The lowest BCUT2D eigenvalue weighted by atomic mass is 10.5. The zero-order chi connectivity index (χ0) is 6.69. The maximum atomic E-state index is 10.4. The first-order valence-corrected chi connectivity index (χ1v) is 3.40. The quantitative estimate of drug-likeness (QED) is 0.629. The van der Waals surface area contributed by atoms with Crippen LogP contribution in [0.15, 0.2) is 11.4 Å². The van der Waals surface area contributed by atoms with Crippen molar-refractivity contribution in [1.82, 2.24) is 0 Å². The van der Waals surface area contributed by atoms with Gasteiger partial charge < -0.3 is 5.32 Å². The molecule has 0 bridgehead atoms. The smallest absolute Gasteiger partial charge is 0.221 e. The van der Waals surface area contributed by atoms with Crippen LogP contribution in [0.3, 0.4) is 0 Å². The normalized spacial score (nSPS) is 9.00. The molecule has 0 saturated heterocycles. The van der Waals surface area contributed by atoms with E-state index in [9.17, 15) is 4.79 Å². The summed E-state index contributed by atoms with van der Waals surface area (Å²) in [5.41, 5.74) is 0.757. The number of nitrogens with one attached hydrogen (secondary N) is 1. The molecule has 0 fully saturated rings. The standard InChI is InChI=1S/C6H6NOS/c1-5(8)7-6-2-3-9-4-6/h2-3H,1H3,(H,7,8). The Kier molecular flexibility index (Phi) is 1.85. The van der Waals surface area contributed by atoms with E-state index < -0.39 is 0 Å². The zero-order valence-corrected chi connectivity index (χ0v) is 5.79. The fourth-order valence-corrected chi connectivity index (χ4v) is 1.01. The summed E-state index contributed by atoms with van der Waals surface area (Å²) in [5, 5.41) is 7.35. The summed E-state index contributed by atoms with van der Waals surface area (Å²) in [6.45, 7) is 1.48. The van der Waals surface area contributed by atoms with Gasteiger partial charge in [0.15, 0.2) is 0 Å². The highest BCUT2D eigenvalue weighted by Gasteiger charge is 1.92. The number of anilines is 1. The topological polar surface area (TPSA) is 29.1 Å². The minimum Gasteiger partial charge on any atom is -0.325 e. The SMILES string of the molecule is CC(=O)Nc1[c]scc1. The third-order valence-corrected chi connectivity index (χ3v) is 1.39. The zero-order valence-electron chi connectivity index (χ0n) is 4.97. The van der Waals surface area contributed by atoms with Crippen molar-refractivity contribution in [2.24, 2.45) is 0 Å². The molecule has 1 amide bonds.